The van der Waals surface area contributed by atoms with Crippen molar-refractivity contribution in [2.45, 2.75) is 23.3 Å². The van der Waals surface area contributed by atoms with Gasteiger partial charge in [-0.2, -0.15) is 0 Å². The number of thioether (sulfide) groups is 1. The third-order valence-electron chi connectivity index (χ3n) is 2.98. The smallest absolute Gasteiger partial charge is 0.0890 e. The normalized spacial score (nSPS) is 19.4. The van der Waals surface area contributed by atoms with Crippen LogP contribution in [0.25, 0.3) is 0 Å². The molecule has 0 spiro atoms. The predicted molar refractivity (Wildman–Crippen MR) is 71.6 cm³/mol. The van der Waals surface area contributed by atoms with Crippen molar-refractivity contribution in [3.8, 4) is 0 Å². The monoisotopic (exact) mass is 301 g/mol. The molecule has 3 N–H and O–H groups in total. The molecule has 0 bridgehead atoms. The summed E-state index contributed by atoms with van der Waals surface area (Å²) in [5, 5.41) is 10.3. The molecule has 0 aromatic heterocycles. The molecular formula is C12H16BrNOS. The Morgan fingerprint density at radius 1 is 1.50 bits per heavy atom. The molecule has 1 aliphatic carbocycles. The standard InChI is InChI=1S/C12H16BrNOS/c13-10-2-1-3-11(6-10)16-8-12(15,7-14)9-4-5-9/h1-3,6,9,15H,4-5,7-8,14H2. The molecule has 1 aromatic carbocycles. The summed E-state index contributed by atoms with van der Waals surface area (Å²) in [4.78, 5) is 1.17. The minimum absolute atomic E-state index is 0.360. The molecule has 4 heteroatoms. The summed E-state index contributed by atoms with van der Waals surface area (Å²) < 4.78 is 1.07. The third kappa shape index (κ3) is 3.00. The summed E-state index contributed by atoms with van der Waals surface area (Å²) in [5.74, 6) is 1.10. The lowest BCUT2D eigenvalue weighted by atomic mass is 10.0. The number of hydrogen-bond donors (Lipinski definition) is 2. The molecule has 0 aliphatic heterocycles. The van der Waals surface area contributed by atoms with Crippen LogP contribution in [0.3, 0.4) is 0 Å². The fraction of sp³-hybridized carbons (Fsp3) is 0.500. The van der Waals surface area contributed by atoms with Gasteiger partial charge in [0, 0.05) is 21.7 Å². The van der Waals surface area contributed by atoms with Gasteiger partial charge in [0.2, 0.25) is 0 Å². The summed E-state index contributed by atoms with van der Waals surface area (Å²) in [7, 11) is 0. The Bertz CT molecular complexity index is 370. The highest BCUT2D eigenvalue weighted by atomic mass is 79.9. The van der Waals surface area contributed by atoms with Crippen LogP contribution in [0.15, 0.2) is 33.6 Å². The van der Waals surface area contributed by atoms with Gasteiger partial charge >= 0.3 is 0 Å². The molecule has 1 atom stereocenters. The summed E-state index contributed by atoms with van der Waals surface area (Å²) in [6.45, 7) is 0.360. The molecule has 0 radical (unpaired) electrons. The zero-order chi connectivity index (χ0) is 11.6. The van der Waals surface area contributed by atoms with Gasteiger partial charge in [-0.05, 0) is 37.0 Å². The molecule has 1 aromatic rings. The molecule has 16 heavy (non-hydrogen) atoms. The van der Waals surface area contributed by atoms with Crippen molar-refractivity contribution in [3.05, 3.63) is 28.7 Å². The molecule has 2 nitrogen and oxygen atoms in total. The highest BCUT2D eigenvalue weighted by molar-refractivity contribution is 9.10. The van der Waals surface area contributed by atoms with Gasteiger partial charge in [0.25, 0.3) is 0 Å². The van der Waals surface area contributed by atoms with Gasteiger partial charge in [0.1, 0.15) is 0 Å². The van der Waals surface area contributed by atoms with Gasteiger partial charge in [0.05, 0.1) is 5.60 Å². The van der Waals surface area contributed by atoms with E-state index in [9.17, 15) is 5.11 Å². The van der Waals surface area contributed by atoms with E-state index in [0.717, 1.165) is 17.3 Å². The van der Waals surface area contributed by atoms with Crippen LogP contribution in [-0.4, -0.2) is 23.0 Å². The zero-order valence-electron chi connectivity index (χ0n) is 9.03. The summed E-state index contributed by atoms with van der Waals surface area (Å²) in [6.07, 6.45) is 2.24. The SMILES string of the molecule is NCC(O)(CSc1cccc(Br)c1)C1CC1. The van der Waals surface area contributed by atoms with Crippen molar-refractivity contribution in [3.63, 3.8) is 0 Å². The summed E-state index contributed by atoms with van der Waals surface area (Å²) >= 11 is 5.11. The van der Waals surface area contributed by atoms with Crippen LogP contribution in [0, 0.1) is 5.92 Å². The van der Waals surface area contributed by atoms with E-state index < -0.39 is 5.60 Å². The third-order valence-corrected chi connectivity index (χ3v) is 4.70. The van der Waals surface area contributed by atoms with Crippen LogP contribution < -0.4 is 5.73 Å². The average molecular weight is 302 g/mol. The molecule has 0 heterocycles. The van der Waals surface area contributed by atoms with E-state index >= 15 is 0 Å². The molecule has 0 amide bonds. The van der Waals surface area contributed by atoms with Crippen molar-refractivity contribution < 1.29 is 5.11 Å². The van der Waals surface area contributed by atoms with Gasteiger partial charge in [-0.3, -0.25) is 0 Å². The largest absolute Gasteiger partial charge is 0.387 e. The van der Waals surface area contributed by atoms with Crippen molar-refractivity contribution in [1.29, 1.82) is 0 Å². The van der Waals surface area contributed by atoms with E-state index in [0.29, 0.717) is 18.2 Å². The van der Waals surface area contributed by atoms with Gasteiger partial charge < -0.3 is 10.8 Å². The van der Waals surface area contributed by atoms with E-state index in [1.165, 1.54) is 4.90 Å². The lowest BCUT2D eigenvalue weighted by Crippen LogP contribution is -2.42. The van der Waals surface area contributed by atoms with Crippen LogP contribution in [0.4, 0.5) is 0 Å². The Kier molecular flexibility index (Phi) is 3.95. The number of hydrogen-bond acceptors (Lipinski definition) is 3. The molecule has 0 saturated heterocycles. The van der Waals surface area contributed by atoms with Crippen molar-refractivity contribution in [2.75, 3.05) is 12.3 Å². The van der Waals surface area contributed by atoms with E-state index in [1.807, 2.05) is 12.1 Å². The highest BCUT2D eigenvalue weighted by Gasteiger charge is 2.42. The molecule has 1 aliphatic rings. The average Bonchev–Trinajstić information content (AvgIpc) is 3.10. The van der Waals surface area contributed by atoms with Crippen LogP contribution in [0.2, 0.25) is 0 Å². The lowest BCUT2D eigenvalue weighted by Gasteiger charge is -2.25. The highest BCUT2D eigenvalue weighted by Crippen LogP contribution is 2.41. The second-order valence-corrected chi connectivity index (χ2v) is 6.29. The van der Waals surface area contributed by atoms with Gasteiger partial charge in [-0.1, -0.05) is 22.0 Å². The van der Waals surface area contributed by atoms with Crippen LogP contribution in [0.5, 0.6) is 0 Å². The molecule has 1 saturated carbocycles. The molecule has 88 valence electrons. The second kappa shape index (κ2) is 5.08. The first-order chi connectivity index (χ1) is 7.64. The Hall–Kier alpha value is -0.0300. The maximum atomic E-state index is 10.3. The molecule has 1 fully saturated rings. The van der Waals surface area contributed by atoms with Gasteiger partial charge in [-0.25, -0.2) is 0 Å². The van der Waals surface area contributed by atoms with Crippen LogP contribution in [0.1, 0.15) is 12.8 Å². The number of nitrogens with two attached hydrogens (primary N) is 1. The van der Waals surface area contributed by atoms with Crippen LogP contribution >= 0.6 is 27.7 Å². The van der Waals surface area contributed by atoms with E-state index in [1.54, 1.807) is 11.8 Å². The number of benzene rings is 1. The Morgan fingerprint density at radius 2 is 2.25 bits per heavy atom. The Balaban J connectivity index is 1.95. The second-order valence-electron chi connectivity index (χ2n) is 4.33. The van der Waals surface area contributed by atoms with Crippen molar-refractivity contribution >= 4 is 27.7 Å². The van der Waals surface area contributed by atoms with Crippen molar-refractivity contribution in [1.82, 2.24) is 0 Å². The van der Waals surface area contributed by atoms with E-state index in [4.69, 9.17) is 5.73 Å². The predicted octanol–water partition coefficient (Wildman–Crippen LogP) is 2.64. The van der Waals surface area contributed by atoms with E-state index in [-0.39, 0.29) is 0 Å². The minimum Gasteiger partial charge on any atom is -0.387 e. The number of aliphatic hydroxyl groups is 1. The fourth-order valence-corrected chi connectivity index (χ4v) is 3.44. The first kappa shape index (κ1) is 12.4. The first-order valence-electron chi connectivity index (χ1n) is 5.45. The quantitative estimate of drug-likeness (QED) is 0.822. The van der Waals surface area contributed by atoms with Gasteiger partial charge in [-0.15, -0.1) is 11.8 Å². The summed E-state index contributed by atoms with van der Waals surface area (Å²) in [6, 6.07) is 8.12. The summed E-state index contributed by atoms with van der Waals surface area (Å²) in [5.41, 5.74) is 5.00. The fourth-order valence-electron chi connectivity index (χ4n) is 1.73. The Labute approximate surface area is 109 Å². The zero-order valence-corrected chi connectivity index (χ0v) is 11.4. The molecule has 1 unspecified atom stereocenters. The number of rotatable bonds is 5. The maximum absolute atomic E-state index is 10.3. The lowest BCUT2D eigenvalue weighted by molar-refractivity contribution is 0.0510. The maximum Gasteiger partial charge on any atom is 0.0890 e. The Morgan fingerprint density at radius 3 is 2.81 bits per heavy atom. The first-order valence-corrected chi connectivity index (χ1v) is 7.23. The van der Waals surface area contributed by atoms with Gasteiger partial charge in [0.15, 0.2) is 0 Å². The minimum atomic E-state index is -0.674. The molecule has 2 rings (SSSR count). The van der Waals surface area contributed by atoms with Crippen LogP contribution in [-0.2, 0) is 0 Å². The molecular weight excluding hydrogens is 286 g/mol. The van der Waals surface area contributed by atoms with Crippen molar-refractivity contribution in [2.24, 2.45) is 11.7 Å². The van der Waals surface area contributed by atoms with E-state index in [2.05, 4.69) is 28.1 Å². The topological polar surface area (TPSA) is 46.2 Å². The number of halogens is 1.